The van der Waals surface area contributed by atoms with Gasteiger partial charge in [0.25, 0.3) is 0 Å². The highest BCUT2D eigenvalue weighted by molar-refractivity contribution is 6.31. The first-order chi connectivity index (χ1) is 23.2. The Labute approximate surface area is 297 Å². The summed E-state index contributed by atoms with van der Waals surface area (Å²) < 4.78 is 46.1. The topological polar surface area (TPSA) is 87.2 Å². The number of alkyl halides is 3. The van der Waals surface area contributed by atoms with Gasteiger partial charge in [0, 0.05) is 48.9 Å². The zero-order valence-electron chi connectivity index (χ0n) is 29.8. The number of carbonyl (C=O) groups excluding carboxylic acids is 4. The Bertz CT molecular complexity index is 1680. The summed E-state index contributed by atoms with van der Waals surface area (Å²) >= 11 is 6.78. The van der Waals surface area contributed by atoms with Crippen LogP contribution >= 0.6 is 11.6 Å². The Morgan fingerprint density at radius 1 is 0.760 bits per heavy atom. The van der Waals surface area contributed by atoms with Crippen LogP contribution < -0.4 is 0 Å². The first-order valence-corrected chi connectivity index (χ1v) is 16.5. The quantitative estimate of drug-likeness (QED) is 0.149. The number of aryl methyl sites for hydroxylation is 1. The first-order valence-electron chi connectivity index (χ1n) is 16.2. The first kappa shape index (κ1) is 40.1. The van der Waals surface area contributed by atoms with Crippen molar-refractivity contribution >= 4 is 35.3 Å². The van der Waals surface area contributed by atoms with Crippen molar-refractivity contribution in [2.45, 2.75) is 77.4 Å². The Morgan fingerprint density at radius 3 is 1.80 bits per heavy atom. The Morgan fingerprint density at radius 2 is 1.28 bits per heavy atom. The second kappa shape index (κ2) is 15.7. The third kappa shape index (κ3) is 8.31. The van der Waals surface area contributed by atoms with E-state index in [0.717, 1.165) is 17.5 Å². The molecule has 0 radical (unpaired) electrons. The molecule has 50 heavy (non-hydrogen) atoms. The molecule has 0 saturated carbocycles. The van der Waals surface area contributed by atoms with Crippen LogP contribution in [-0.2, 0) is 29.5 Å². The smallest absolute Gasteiger partial charge is 0.444 e. The standard InChI is InChI=1S/C38H45ClF3N3O5/c1-24(2)32(44(8)34(48)36(5,6)45(9)35(49)38(40,41)42)33(47)43(7)26(4)23-31(46)50-37(27-15-11-10-12-16-27,28-21-19-25(3)20-22-28)29-17-13-14-18-30(29)39/h10-22,24,26,32H,23H2,1-9H3/t26-,32+,37?/m1/s1. The van der Waals surface area contributed by atoms with E-state index in [1.807, 2.05) is 61.5 Å². The van der Waals surface area contributed by atoms with E-state index in [4.69, 9.17) is 16.3 Å². The molecule has 0 aliphatic rings. The molecule has 0 aliphatic heterocycles. The Hall–Kier alpha value is -4.38. The van der Waals surface area contributed by atoms with Gasteiger partial charge < -0.3 is 19.4 Å². The zero-order valence-corrected chi connectivity index (χ0v) is 30.6. The van der Waals surface area contributed by atoms with Gasteiger partial charge in [-0.05, 0) is 39.7 Å². The molecule has 3 aromatic carbocycles. The van der Waals surface area contributed by atoms with E-state index in [9.17, 15) is 32.3 Å². The van der Waals surface area contributed by atoms with Crippen molar-refractivity contribution in [3.63, 3.8) is 0 Å². The molecule has 0 bridgehead atoms. The lowest BCUT2D eigenvalue weighted by Crippen LogP contribution is -2.62. The van der Waals surface area contributed by atoms with Crippen LogP contribution in [0.5, 0.6) is 0 Å². The minimum atomic E-state index is -5.19. The van der Waals surface area contributed by atoms with Crippen LogP contribution in [0.1, 0.15) is 63.3 Å². The lowest BCUT2D eigenvalue weighted by atomic mass is 9.79. The number of halogens is 4. The van der Waals surface area contributed by atoms with Gasteiger partial charge in [0.05, 0.1) is 6.42 Å². The van der Waals surface area contributed by atoms with E-state index in [-0.39, 0.29) is 6.42 Å². The second-order valence-electron chi connectivity index (χ2n) is 13.4. The molecule has 0 aromatic heterocycles. The summed E-state index contributed by atoms with van der Waals surface area (Å²) in [5.74, 6) is -4.72. The number of likely N-dealkylation sites (N-methyl/N-ethyl adjacent to an activating group) is 3. The van der Waals surface area contributed by atoms with Crippen LogP contribution in [0.4, 0.5) is 13.2 Å². The molecule has 3 aromatic rings. The number of nitrogens with zero attached hydrogens (tertiary/aromatic N) is 3. The number of carbonyl (C=O) groups is 4. The molecule has 3 amide bonds. The van der Waals surface area contributed by atoms with Crippen molar-refractivity contribution < 1.29 is 37.1 Å². The van der Waals surface area contributed by atoms with Gasteiger partial charge in [-0.15, -0.1) is 0 Å². The fourth-order valence-electron chi connectivity index (χ4n) is 5.92. The predicted octanol–water partition coefficient (Wildman–Crippen LogP) is 7.00. The summed E-state index contributed by atoms with van der Waals surface area (Å²) in [6, 6.07) is 22.0. The van der Waals surface area contributed by atoms with Gasteiger partial charge in [-0.2, -0.15) is 13.2 Å². The molecule has 270 valence electrons. The van der Waals surface area contributed by atoms with E-state index < -0.39 is 59.0 Å². The Balaban J connectivity index is 1.95. The van der Waals surface area contributed by atoms with Gasteiger partial charge in [-0.1, -0.05) is 104 Å². The van der Waals surface area contributed by atoms with Crippen molar-refractivity contribution in [2.24, 2.45) is 5.92 Å². The molecular formula is C38H45ClF3N3O5. The van der Waals surface area contributed by atoms with E-state index in [1.54, 1.807) is 45.0 Å². The highest BCUT2D eigenvalue weighted by Crippen LogP contribution is 2.44. The molecule has 1 unspecified atom stereocenters. The molecule has 8 nitrogen and oxygen atoms in total. The zero-order chi connectivity index (χ0) is 37.8. The molecule has 0 heterocycles. The maximum Gasteiger partial charge on any atom is 0.471 e. The van der Waals surface area contributed by atoms with Crippen LogP contribution in [0.3, 0.4) is 0 Å². The van der Waals surface area contributed by atoms with Crippen LogP contribution in [0.25, 0.3) is 0 Å². The van der Waals surface area contributed by atoms with E-state index in [2.05, 4.69) is 0 Å². The second-order valence-corrected chi connectivity index (χ2v) is 13.8. The SMILES string of the molecule is Cc1ccc(C(OC(=O)C[C@@H](C)N(C)C(=O)[C@H](C(C)C)N(C)C(=O)C(C)(C)N(C)C(=O)C(F)(F)F)(c2ccccc2)c2ccccc2Cl)cc1. The minimum Gasteiger partial charge on any atom is -0.444 e. The van der Waals surface area contributed by atoms with Crippen molar-refractivity contribution in [1.82, 2.24) is 14.7 Å². The molecule has 3 atom stereocenters. The molecule has 0 N–H and O–H groups in total. The normalized spacial score (nSPS) is 14.3. The maximum absolute atomic E-state index is 14.0. The molecule has 0 fully saturated rings. The van der Waals surface area contributed by atoms with Gasteiger partial charge >= 0.3 is 18.1 Å². The van der Waals surface area contributed by atoms with E-state index in [0.29, 0.717) is 26.6 Å². The molecule has 0 aliphatic carbocycles. The molecule has 12 heteroatoms. The number of hydrogen-bond donors (Lipinski definition) is 0. The summed E-state index contributed by atoms with van der Waals surface area (Å²) in [6.45, 7) is 9.36. The van der Waals surface area contributed by atoms with Crippen molar-refractivity contribution in [1.29, 1.82) is 0 Å². The maximum atomic E-state index is 14.0. The van der Waals surface area contributed by atoms with E-state index in [1.165, 1.54) is 32.8 Å². The van der Waals surface area contributed by atoms with Crippen LogP contribution in [0.2, 0.25) is 5.02 Å². The highest BCUT2D eigenvalue weighted by Gasteiger charge is 2.50. The van der Waals surface area contributed by atoms with E-state index >= 15 is 0 Å². The Kier molecular flexibility index (Phi) is 12.5. The van der Waals surface area contributed by atoms with Gasteiger partial charge in [0.15, 0.2) is 5.60 Å². The lowest BCUT2D eigenvalue weighted by molar-refractivity contribution is -0.191. The fourth-order valence-corrected chi connectivity index (χ4v) is 6.19. The number of amides is 3. The third-order valence-electron chi connectivity index (χ3n) is 9.16. The number of ether oxygens (including phenoxy) is 1. The monoisotopic (exact) mass is 715 g/mol. The van der Waals surface area contributed by atoms with Crippen molar-refractivity contribution in [3.05, 3.63) is 106 Å². The molecule has 0 spiro atoms. The molecule has 3 rings (SSSR count). The van der Waals surface area contributed by atoms with Crippen molar-refractivity contribution in [2.75, 3.05) is 21.1 Å². The number of hydrogen-bond acceptors (Lipinski definition) is 5. The third-order valence-corrected chi connectivity index (χ3v) is 9.49. The largest absolute Gasteiger partial charge is 0.471 e. The molecular weight excluding hydrogens is 671 g/mol. The van der Waals surface area contributed by atoms with Gasteiger partial charge in [0.1, 0.15) is 11.6 Å². The highest BCUT2D eigenvalue weighted by atomic mass is 35.5. The average Bonchev–Trinajstić information content (AvgIpc) is 3.06. The summed E-state index contributed by atoms with van der Waals surface area (Å²) in [5, 5.41) is 0.378. The van der Waals surface area contributed by atoms with Crippen molar-refractivity contribution in [3.8, 4) is 0 Å². The van der Waals surface area contributed by atoms with Crippen LogP contribution in [0.15, 0.2) is 78.9 Å². The van der Waals surface area contributed by atoms with Gasteiger partial charge in [0.2, 0.25) is 11.8 Å². The number of benzene rings is 3. The number of esters is 1. The summed E-state index contributed by atoms with van der Waals surface area (Å²) in [6.07, 6.45) is -5.43. The summed E-state index contributed by atoms with van der Waals surface area (Å²) in [7, 11) is 3.68. The lowest BCUT2D eigenvalue weighted by Gasteiger charge is -2.42. The fraction of sp³-hybridized carbons (Fsp3) is 0.421. The summed E-state index contributed by atoms with van der Waals surface area (Å²) in [5.41, 5.74) is -0.536. The minimum absolute atomic E-state index is 0.246. The molecule has 0 saturated heterocycles. The number of rotatable bonds is 12. The summed E-state index contributed by atoms with van der Waals surface area (Å²) in [4.78, 5) is 56.2. The van der Waals surface area contributed by atoms with Gasteiger partial charge in [-0.3, -0.25) is 19.2 Å². The predicted molar refractivity (Wildman–Crippen MR) is 186 cm³/mol. The van der Waals surface area contributed by atoms with Crippen LogP contribution in [-0.4, -0.2) is 83.3 Å². The van der Waals surface area contributed by atoms with Crippen LogP contribution in [0, 0.1) is 12.8 Å². The van der Waals surface area contributed by atoms with Gasteiger partial charge in [-0.25, -0.2) is 0 Å². The average molecular weight is 716 g/mol.